The number of nitrogens with zero attached hydrogens (tertiary/aromatic N) is 1. The molecule has 26 heavy (non-hydrogen) atoms. The van der Waals surface area contributed by atoms with Gasteiger partial charge in [-0.2, -0.15) is 0 Å². The highest BCUT2D eigenvalue weighted by Gasteiger charge is 2.16. The lowest BCUT2D eigenvalue weighted by Gasteiger charge is -2.28. The Balaban J connectivity index is 2.13. The Hall–Kier alpha value is -3.04. The number of aryl methyl sites for hydroxylation is 2. The Kier molecular flexibility index (Phi) is 5.40. The van der Waals surface area contributed by atoms with Crippen LogP contribution in [0.15, 0.2) is 79.0 Å². The smallest absolute Gasteiger partial charge is 0.0490 e. The van der Waals surface area contributed by atoms with E-state index in [4.69, 9.17) is 11.5 Å². The van der Waals surface area contributed by atoms with Gasteiger partial charge in [0, 0.05) is 23.6 Å². The van der Waals surface area contributed by atoms with E-state index in [0.29, 0.717) is 6.54 Å². The zero-order valence-corrected chi connectivity index (χ0v) is 15.3. The molecule has 0 fully saturated rings. The Morgan fingerprint density at radius 3 is 1.73 bits per heavy atom. The van der Waals surface area contributed by atoms with Gasteiger partial charge >= 0.3 is 0 Å². The molecule has 0 atom stereocenters. The lowest BCUT2D eigenvalue weighted by molar-refractivity contribution is 1.22. The summed E-state index contributed by atoms with van der Waals surface area (Å²) < 4.78 is 0. The summed E-state index contributed by atoms with van der Waals surface area (Å²) in [7, 11) is 0. The van der Waals surface area contributed by atoms with Crippen molar-refractivity contribution in [3.8, 4) is 0 Å². The lowest BCUT2D eigenvalue weighted by Crippen LogP contribution is -2.12. The standard InChI is InChI=1S/C23H25N3/c1-17-7-3-5-9-22(17)26(23-10-6-4-8-18(23)2)21-13-11-19(12-14-21)20(15-24)16-25/h3-15H,16,24-25H2,1-2H3. The van der Waals surface area contributed by atoms with Crippen LogP contribution < -0.4 is 16.4 Å². The summed E-state index contributed by atoms with van der Waals surface area (Å²) in [4.78, 5) is 2.29. The van der Waals surface area contributed by atoms with E-state index in [2.05, 4.69) is 91.5 Å². The molecular formula is C23H25N3. The van der Waals surface area contributed by atoms with Gasteiger partial charge in [0.05, 0.1) is 0 Å². The zero-order valence-electron chi connectivity index (χ0n) is 15.3. The number of benzene rings is 3. The van der Waals surface area contributed by atoms with Gasteiger partial charge in [0.2, 0.25) is 0 Å². The largest absolute Gasteiger partial charge is 0.404 e. The third-order valence-corrected chi connectivity index (χ3v) is 4.63. The van der Waals surface area contributed by atoms with E-state index in [1.165, 1.54) is 22.5 Å². The minimum Gasteiger partial charge on any atom is -0.404 e. The van der Waals surface area contributed by atoms with Gasteiger partial charge in [-0.05, 0) is 66.6 Å². The molecule has 0 aliphatic carbocycles. The van der Waals surface area contributed by atoms with Crippen molar-refractivity contribution < 1.29 is 0 Å². The number of para-hydroxylation sites is 2. The van der Waals surface area contributed by atoms with E-state index in [1.807, 2.05) is 0 Å². The van der Waals surface area contributed by atoms with Gasteiger partial charge in [0.25, 0.3) is 0 Å². The fourth-order valence-corrected chi connectivity index (χ4v) is 3.14. The molecule has 0 saturated carbocycles. The van der Waals surface area contributed by atoms with Crippen molar-refractivity contribution >= 4 is 22.6 Å². The van der Waals surface area contributed by atoms with E-state index >= 15 is 0 Å². The van der Waals surface area contributed by atoms with E-state index in [1.54, 1.807) is 6.20 Å². The van der Waals surface area contributed by atoms with Crippen molar-refractivity contribution in [1.29, 1.82) is 0 Å². The van der Waals surface area contributed by atoms with Crippen molar-refractivity contribution in [2.45, 2.75) is 13.8 Å². The van der Waals surface area contributed by atoms with Gasteiger partial charge in [-0.3, -0.25) is 0 Å². The van der Waals surface area contributed by atoms with E-state index in [9.17, 15) is 0 Å². The zero-order chi connectivity index (χ0) is 18.5. The highest BCUT2D eigenvalue weighted by molar-refractivity contribution is 5.81. The fraction of sp³-hybridized carbons (Fsp3) is 0.130. The van der Waals surface area contributed by atoms with Gasteiger partial charge in [0.1, 0.15) is 0 Å². The Bertz CT molecular complexity index is 865. The van der Waals surface area contributed by atoms with Crippen LogP contribution in [0.3, 0.4) is 0 Å². The van der Waals surface area contributed by atoms with Crippen LogP contribution in [-0.2, 0) is 0 Å². The van der Waals surface area contributed by atoms with Gasteiger partial charge in [-0.1, -0.05) is 48.5 Å². The quantitative estimate of drug-likeness (QED) is 0.683. The van der Waals surface area contributed by atoms with E-state index in [0.717, 1.165) is 16.8 Å². The lowest BCUT2D eigenvalue weighted by atomic mass is 10.0. The average molecular weight is 343 g/mol. The molecule has 0 amide bonds. The van der Waals surface area contributed by atoms with Crippen LogP contribution in [0.5, 0.6) is 0 Å². The monoisotopic (exact) mass is 343 g/mol. The molecule has 0 aliphatic heterocycles. The summed E-state index contributed by atoms with van der Waals surface area (Å²) in [6.45, 7) is 4.70. The van der Waals surface area contributed by atoms with Crippen molar-refractivity contribution in [1.82, 2.24) is 0 Å². The normalized spacial score (nSPS) is 11.4. The summed E-state index contributed by atoms with van der Waals surface area (Å²) in [6, 6.07) is 25.3. The first-order valence-corrected chi connectivity index (χ1v) is 8.78. The fourth-order valence-electron chi connectivity index (χ4n) is 3.14. The second-order valence-electron chi connectivity index (χ2n) is 6.35. The van der Waals surface area contributed by atoms with Crippen LogP contribution in [0.25, 0.3) is 5.57 Å². The van der Waals surface area contributed by atoms with Crippen LogP contribution in [0.1, 0.15) is 16.7 Å². The molecule has 3 heteroatoms. The number of nitrogens with two attached hydrogens (primary N) is 2. The molecule has 0 bridgehead atoms. The third kappa shape index (κ3) is 3.48. The first kappa shape index (κ1) is 17.8. The van der Waals surface area contributed by atoms with Gasteiger partial charge in [0.15, 0.2) is 0 Å². The predicted molar refractivity (Wildman–Crippen MR) is 112 cm³/mol. The molecule has 0 heterocycles. The van der Waals surface area contributed by atoms with Crippen LogP contribution >= 0.6 is 0 Å². The molecule has 0 radical (unpaired) electrons. The summed E-state index contributed by atoms with van der Waals surface area (Å²) in [5, 5.41) is 0. The molecule has 132 valence electrons. The third-order valence-electron chi connectivity index (χ3n) is 4.63. The molecule has 3 aromatic carbocycles. The molecule has 0 aromatic heterocycles. The topological polar surface area (TPSA) is 55.3 Å². The Labute approximate surface area is 155 Å². The van der Waals surface area contributed by atoms with Crippen LogP contribution in [0.4, 0.5) is 17.1 Å². The van der Waals surface area contributed by atoms with Gasteiger partial charge < -0.3 is 16.4 Å². The molecule has 3 aromatic rings. The SMILES string of the molecule is Cc1ccccc1N(c1ccc(C(=CN)CN)cc1)c1ccccc1C. The van der Waals surface area contributed by atoms with Crippen LogP contribution in [-0.4, -0.2) is 6.54 Å². The maximum Gasteiger partial charge on any atom is 0.0490 e. The van der Waals surface area contributed by atoms with Crippen molar-refractivity contribution in [2.24, 2.45) is 11.5 Å². The summed E-state index contributed by atoms with van der Waals surface area (Å²) in [5.41, 5.74) is 19.3. The maximum atomic E-state index is 5.78. The van der Waals surface area contributed by atoms with Crippen molar-refractivity contribution in [3.63, 3.8) is 0 Å². The first-order valence-electron chi connectivity index (χ1n) is 8.78. The number of hydrogen-bond donors (Lipinski definition) is 2. The summed E-state index contributed by atoms with van der Waals surface area (Å²) >= 11 is 0. The Morgan fingerprint density at radius 2 is 1.31 bits per heavy atom. The number of anilines is 3. The highest BCUT2D eigenvalue weighted by Crippen LogP contribution is 2.38. The minimum absolute atomic E-state index is 0.426. The average Bonchev–Trinajstić information content (AvgIpc) is 2.67. The number of hydrogen-bond acceptors (Lipinski definition) is 3. The van der Waals surface area contributed by atoms with E-state index in [-0.39, 0.29) is 0 Å². The molecule has 0 unspecified atom stereocenters. The van der Waals surface area contributed by atoms with Gasteiger partial charge in [-0.25, -0.2) is 0 Å². The molecule has 0 spiro atoms. The minimum atomic E-state index is 0.426. The van der Waals surface area contributed by atoms with E-state index < -0.39 is 0 Å². The second kappa shape index (κ2) is 7.89. The maximum absolute atomic E-state index is 5.78. The predicted octanol–water partition coefficient (Wildman–Crippen LogP) is 5.03. The van der Waals surface area contributed by atoms with Crippen molar-refractivity contribution in [3.05, 3.63) is 95.7 Å². The van der Waals surface area contributed by atoms with Crippen LogP contribution in [0.2, 0.25) is 0 Å². The molecule has 3 nitrogen and oxygen atoms in total. The van der Waals surface area contributed by atoms with Gasteiger partial charge in [-0.15, -0.1) is 0 Å². The molecule has 0 saturated heterocycles. The first-order chi connectivity index (χ1) is 12.7. The molecule has 3 rings (SSSR count). The molecule has 0 aliphatic rings. The molecular weight excluding hydrogens is 318 g/mol. The Morgan fingerprint density at radius 1 is 0.808 bits per heavy atom. The summed E-state index contributed by atoms with van der Waals surface area (Å²) in [5.74, 6) is 0. The van der Waals surface area contributed by atoms with Crippen LogP contribution in [0, 0.1) is 13.8 Å². The summed E-state index contributed by atoms with van der Waals surface area (Å²) in [6.07, 6.45) is 1.58. The second-order valence-corrected chi connectivity index (χ2v) is 6.35. The van der Waals surface area contributed by atoms with Crippen molar-refractivity contribution in [2.75, 3.05) is 11.4 Å². The molecule has 4 N–H and O–H groups in total. The number of rotatable bonds is 5. The highest BCUT2D eigenvalue weighted by atomic mass is 15.1.